The van der Waals surface area contributed by atoms with Gasteiger partial charge in [-0.15, -0.1) is 0 Å². The molecule has 2 saturated heterocycles. The summed E-state index contributed by atoms with van der Waals surface area (Å²) < 4.78 is 16.0. The molecular weight excluding hydrogens is 224 g/mol. The molecule has 0 aromatic heterocycles. The highest BCUT2D eigenvalue weighted by molar-refractivity contribution is 5.41. The third kappa shape index (κ3) is 2.52. The Morgan fingerprint density at radius 3 is 2.65 bits per heavy atom. The molecule has 92 valence electrons. The fraction of sp³-hybridized carbons (Fsp3) is 0.500. The van der Waals surface area contributed by atoms with E-state index in [2.05, 4.69) is 0 Å². The molecule has 2 aliphatic heterocycles. The van der Waals surface area contributed by atoms with E-state index < -0.39 is 0 Å². The molecule has 0 amide bonds. The van der Waals surface area contributed by atoms with Crippen LogP contribution in [0.25, 0.3) is 0 Å². The van der Waals surface area contributed by atoms with Crippen LogP contribution >= 0.6 is 0 Å². The van der Waals surface area contributed by atoms with Crippen molar-refractivity contribution in [3.63, 3.8) is 0 Å². The van der Waals surface area contributed by atoms with Crippen LogP contribution in [0.3, 0.4) is 0 Å². The summed E-state index contributed by atoms with van der Waals surface area (Å²) in [5, 5.41) is 19.0. The van der Waals surface area contributed by atoms with Crippen LogP contribution < -0.4 is 0 Å². The number of benzene rings is 1. The van der Waals surface area contributed by atoms with E-state index in [0.717, 1.165) is 6.61 Å². The largest absolute Gasteiger partial charge is 0.508 e. The van der Waals surface area contributed by atoms with Crippen molar-refractivity contribution < 1.29 is 24.4 Å². The highest BCUT2D eigenvalue weighted by atomic mass is 16.6. The minimum Gasteiger partial charge on any atom is -0.508 e. The maximum Gasteiger partial charge on any atom is 0.125 e. The number of epoxide rings is 2. The lowest BCUT2D eigenvalue weighted by Gasteiger charge is -2.17. The number of hydrogen-bond acceptors (Lipinski definition) is 5. The summed E-state index contributed by atoms with van der Waals surface area (Å²) >= 11 is 0. The first kappa shape index (κ1) is 10.8. The Balaban J connectivity index is 1.75. The molecular formula is C12H14O5. The quantitative estimate of drug-likeness (QED) is 0.747. The molecule has 17 heavy (non-hydrogen) atoms. The first-order chi connectivity index (χ1) is 8.24. The van der Waals surface area contributed by atoms with Gasteiger partial charge in [0.15, 0.2) is 0 Å². The van der Waals surface area contributed by atoms with Crippen molar-refractivity contribution in [1.82, 2.24) is 0 Å². The van der Waals surface area contributed by atoms with Crippen LogP contribution in [0.15, 0.2) is 18.2 Å². The van der Waals surface area contributed by atoms with Gasteiger partial charge in [-0.05, 0) is 12.1 Å². The van der Waals surface area contributed by atoms with Crippen molar-refractivity contribution in [2.75, 3.05) is 19.8 Å². The average Bonchev–Trinajstić information content (AvgIpc) is 3.14. The fourth-order valence-electron chi connectivity index (χ4n) is 1.78. The van der Waals surface area contributed by atoms with Gasteiger partial charge in [-0.3, -0.25) is 0 Å². The van der Waals surface area contributed by atoms with Gasteiger partial charge in [-0.25, -0.2) is 0 Å². The molecule has 2 heterocycles. The van der Waals surface area contributed by atoms with Gasteiger partial charge in [0.25, 0.3) is 0 Å². The molecule has 3 unspecified atom stereocenters. The summed E-state index contributed by atoms with van der Waals surface area (Å²) in [5.41, 5.74) is 0.644. The number of rotatable bonds is 5. The highest BCUT2D eigenvalue weighted by Crippen LogP contribution is 2.37. The number of hydrogen-bond donors (Lipinski definition) is 2. The Hall–Kier alpha value is -1.30. The minimum absolute atomic E-state index is 0.0100. The second kappa shape index (κ2) is 4.18. The summed E-state index contributed by atoms with van der Waals surface area (Å²) in [7, 11) is 0. The Labute approximate surface area is 98.5 Å². The van der Waals surface area contributed by atoms with E-state index in [9.17, 15) is 10.2 Å². The average molecular weight is 238 g/mol. The molecule has 2 N–H and O–H groups in total. The Morgan fingerprint density at radius 2 is 2.06 bits per heavy atom. The maximum absolute atomic E-state index is 9.79. The van der Waals surface area contributed by atoms with Crippen molar-refractivity contribution in [1.29, 1.82) is 0 Å². The molecule has 0 aliphatic carbocycles. The van der Waals surface area contributed by atoms with E-state index in [1.54, 1.807) is 6.07 Å². The lowest BCUT2D eigenvalue weighted by molar-refractivity contribution is 0.0219. The van der Waals surface area contributed by atoms with E-state index in [1.807, 2.05) is 0 Å². The van der Waals surface area contributed by atoms with Crippen LogP contribution in [-0.2, 0) is 14.2 Å². The smallest absolute Gasteiger partial charge is 0.125 e. The molecule has 2 aliphatic rings. The zero-order valence-electron chi connectivity index (χ0n) is 9.20. The normalized spacial score (nSPS) is 27.8. The second-order valence-corrected chi connectivity index (χ2v) is 4.32. The van der Waals surface area contributed by atoms with Crippen molar-refractivity contribution in [3.05, 3.63) is 23.8 Å². The summed E-state index contributed by atoms with van der Waals surface area (Å²) in [5.74, 6) is 0.0643. The molecule has 3 atom stereocenters. The monoisotopic (exact) mass is 238 g/mol. The van der Waals surface area contributed by atoms with Crippen LogP contribution in [0.2, 0.25) is 0 Å². The molecule has 1 aromatic carbocycles. The van der Waals surface area contributed by atoms with E-state index >= 15 is 0 Å². The molecule has 0 saturated carbocycles. The number of aromatic hydroxyl groups is 2. The molecule has 0 radical (unpaired) electrons. The van der Waals surface area contributed by atoms with Crippen molar-refractivity contribution >= 4 is 0 Å². The summed E-state index contributed by atoms with van der Waals surface area (Å²) in [4.78, 5) is 0. The Bertz CT molecular complexity index is 411. The second-order valence-electron chi connectivity index (χ2n) is 4.32. The number of phenols is 2. The molecule has 5 heteroatoms. The van der Waals surface area contributed by atoms with E-state index in [4.69, 9.17) is 14.2 Å². The zero-order valence-corrected chi connectivity index (χ0v) is 9.20. The topological polar surface area (TPSA) is 74.8 Å². The molecule has 3 rings (SSSR count). The maximum atomic E-state index is 9.79. The Morgan fingerprint density at radius 1 is 1.29 bits per heavy atom. The molecule has 1 aromatic rings. The summed E-state index contributed by atoms with van der Waals surface area (Å²) in [6.45, 7) is 1.88. The van der Waals surface area contributed by atoms with Crippen LogP contribution in [0.4, 0.5) is 0 Å². The van der Waals surface area contributed by atoms with Crippen LogP contribution in [0, 0.1) is 0 Å². The lowest BCUT2D eigenvalue weighted by atomic mass is 10.1. The van der Waals surface area contributed by atoms with Gasteiger partial charge >= 0.3 is 0 Å². The minimum atomic E-state index is -0.292. The van der Waals surface area contributed by atoms with Gasteiger partial charge in [0, 0.05) is 11.6 Å². The van der Waals surface area contributed by atoms with Gasteiger partial charge < -0.3 is 24.4 Å². The predicted molar refractivity (Wildman–Crippen MR) is 57.9 cm³/mol. The van der Waals surface area contributed by atoms with Gasteiger partial charge in [0.1, 0.15) is 29.8 Å². The number of phenolic OH excluding ortho intramolecular Hbond substituents is 2. The van der Waals surface area contributed by atoms with Crippen LogP contribution in [0.5, 0.6) is 11.5 Å². The van der Waals surface area contributed by atoms with Crippen molar-refractivity contribution in [3.8, 4) is 11.5 Å². The fourth-order valence-corrected chi connectivity index (χ4v) is 1.78. The molecule has 2 fully saturated rings. The highest BCUT2D eigenvalue weighted by Gasteiger charge is 2.37. The summed E-state index contributed by atoms with van der Waals surface area (Å²) in [6, 6.07) is 4.49. The van der Waals surface area contributed by atoms with Gasteiger partial charge in [-0.1, -0.05) is 0 Å². The molecule has 0 bridgehead atoms. The molecule has 5 nitrogen and oxygen atoms in total. The third-order valence-corrected chi connectivity index (χ3v) is 2.88. The van der Waals surface area contributed by atoms with E-state index in [1.165, 1.54) is 12.1 Å². The standard InChI is InChI=1S/C12H14O5/c13-7-1-2-9(10(14)3-7)12(11-6-16-11)17-5-8-4-15-8/h1-3,8,11-14H,4-6H2. The third-order valence-electron chi connectivity index (χ3n) is 2.88. The first-order valence-electron chi connectivity index (χ1n) is 5.61. The van der Waals surface area contributed by atoms with Gasteiger partial charge in [-0.2, -0.15) is 0 Å². The summed E-state index contributed by atoms with van der Waals surface area (Å²) in [6.07, 6.45) is -0.125. The van der Waals surface area contributed by atoms with Crippen LogP contribution in [0.1, 0.15) is 11.7 Å². The SMILES string of the molecule is Oc1ccc(C(OCC2CO2)C2CO2)c(O)c1. The predicted octanol–water partition coefficient (Wildman–Crippen LogP) is 0.953. The zero-order chi connectivity index (χ0) is 11.8. The Kier molecular flexibility index (Phi) is 2.66. The first-order valence-corrected chi connectivity index (χ1v) is 5.61. The lowest BCUT2D eigenvalue weighted by Crippen LogP contribution is -2.14. The van der Waals surface area contributed by atoms with Crippen molar-refractivity contribution in [2.24, 2.45) is 0 Å². The van der Waals surface area contributed by atoms with E-state index in [0.29, 0.717) is 18.8 Å². The van der Waals surface area contributed by atoms with Crippen LogP contribution in [-0.4, -0.2) is 42.2 Å². The van der Waals surface area contributed by atoms with Gasteiger partial charge in [0.05, 0.1) is 19.8 Å². The van der Waals surface area contributed by atoms with E-state index in [-0.39, 0.29) is 29.8 Å². The molecule has 0 spiro atoms. The van der Waals surface area contributed by atoms with Gasteiger partial charge in [0.2, 0.25) is 0 Å². The number of ether oxygens (including phenoxy) is 3. The van der Waals surface area contributed by atoms with Crippen molar-refractivity contribution in [2.45, 2.75) is 18.3 Å².